The van der Waals surface area contributed by atoms with Gasteiger partial charge in [-0.25, -0.2) is 0 Å². The molecule has 0 radical (unpaired) electrons. The molecule has 0 bridgehead atoms. The van der Waals surface area contributed by atoms with Crippen molar-refractivity contribution >= 4 is 38.8 Å². The first-order valence-corrected chi connectivity index (χ1v) is 5.58. The minimum Gasteiger partial charge on any atom is -0.393 e. The summed E-state index contributed by atoms with van der Waals surface area (Å²) in [4.78, 5) is 0.542. The minimum atomic E-state index is 0.266. The van der Waals surface area contributed by atoms with Gasteiger partial charge in [-0.15, -0.1) is 0 Å². The van der Waals surface area contributed by atoms with Crippen LogP contribution in [0.1, 0.15) is 13.3 Å². The molecule has 0 heterocycles. The van der Waals surface area contributed by atoms with Gasteiger partial charge >= 0.3 is 0 Å². The van der Waals surface area contributed by atoms with Crippen LogP contribution in [0.25, 0.3) is 0 Å². The molecule has 3 N–H and O–H groups in total. The average Bonchev–Trinajstić information content (AvgIpc) is 2.01. The minimum absolute atomic E-state index is 0.266. The van der Waals surface area contributed by atoms with E-state index in [0.717, 1.165) is 10.2 Å². The van der Waals surface area contributed by atoms with E-state index in [0.29, 0.717) is 11.4 Å². The van der Waals surface area contributed by atoms with Crippen molar-refractivity contribution in [2.75, 3.05) is 5.32 Å². The third kappa shape index (κ3) is 4.07. The van der Waals surface area contributed by atoms with Crippen molar-refractivity contribution in [1.82, 2.24) is 0 Å². The Morgan fingerprint density at radius 1 is 1.64 bits per heavy atom. The summed E-state index contributed by atoms with van der Waals surface area (Å²) < 4.78 is 1.06. The van der Waals surface area contributed by atoms with E-state index < -0.39 is 0 Å². The van der Waals surface area contributed by atoms with Gasteiger partial charge in [-0.1, -0.05) is 34.2 Å². The van der Waals surface area contributed by atoms with Crippen LogP contribution in [-0.2, 0) is 0 Å². The summed E-state index contributed by atoms with van der Waals surface area (Å²) in [6.45, 7) is 2.06. The second kappa shape index (κ2) is 5.32. The summed E-state index contributed by atoms with van der Waals surface area (Å²) in [6.07, 6.45) is 0.710. The van der Waals surface area contributed by atoms with Crippen molar-refractivity contribution in [3.63, 3.8) is 0 Å². The number of nitrogens with one attached hydrogen (secondary N) is 1. The van der Waals surface area contributed by atoms with Crippen LogP contribution in [0.4, 0.5) is 5.69 Å². The van der Waals surface area contributed by atoms with Crippen molar-refractivity contribution in [3.05, 3.63) is 28.7 Å². The Labute approximate surface area is 98.0 Å². The molecule has 4 heteroatoms. The number of anilines is 1. The van der Waals surface area contributed by atoms with Gasteiger partial charge in [-0.05, 0) is 25.1 Å². The summed E-state index contributed by atoms with van der Waals surface area (Å²) in [7, 11) is 0. The zero-order valence-electron chi connectivity index (χ0n) is 7.96. The van der Waals surface area contributed by atoms with Gasteiger partial charge in [0.25, 0.3) is 0 Å². The number of halogens is 1. The lowest BCUT2D eigenvalue weighted by Crippen LogP contribution is -2.22. The standard InChI is InChI=1S/C10H13BrN2S/c1-7(5-10(12)14)13-9-4-2-3-8(11)6-9/h2-4,6-7,13H,5H2,1H3,(H2,12,14). The van der Waals surface area contributed by atoms with E-state index >= 15 is 0 Å². The number of nitrogens with two attached hydrogens (primary N) is 1. The Hall–Kier alpha value is -0.610. The van der Waals surface area contributed by atoms with Crippen molar-refractivity contribution in [1.29, 1.82) is 0 Å². The van der Waals surface area contributed by atoms with Gasteiger partial charge in [-0.3, -0.25) is 0 Å². The van der Waals surface area contributed by atoms with Gasteiger partial charge in [0.1, 0.15) is 0 Å². The first-order chi connectivity index (χ1) is 6.58. The summed E-state index contributed by atoms with van der Waals surface area (Å²) in [5, 5.41) is 3.32. The normalized spacial score (nSPS) is 12.1. The predicted octanol–water partition coefficient (Wildman–Crippen LogP) is 2.93. The van der Waals surface area contributed by atoms with Crippen molar-refractivity contribution in [2.24, 2.45) is 5.73 Å². The summed E-state index contributed by atoms with van der Waals surface area (Å²) >= 11 is 8.25. The van der Waals surface area contributed by atoms with Crippen LogP contribution in [0.2, 0.25) is 0 Å². The SMILES string of the molecule is CC(CC(N)=S)Nc1cccc(Br)c1. The molecule has 0 spiro atoms. The van der Waals surface area contributed by atoms with Crippen LogP contribution < -0.4 is 11.1 Å². The third-order valence-corrected chi connectivity index (χ3v) is 2.40. The van der Waals surface area contributed by atoms with Crippen molar-refractivity contribution in [2.45, 2.75) is 19.4 Å². The Balaban J connectivity index is 2.55. The van der Waals surface area contributed by atoms with Gasteiger partial charge in [0, 0.05) is 22.6 Å². The van der Waals surface area contributed by atoms with E-state index in [-0.39, 0.29) is 6.04 Å². The Morgan fingerprint density at radius 2 is 2.36 bits per heavy atom. The molecule has 76 valence electrons. The summed E-state index contributed by atoms with van der Waals surface area (Å²) in [5.74, 6) is 0. The molecular weight excluding hydrogens is 260 g/mol. The average molecular weight is 273 g/mol. The molecule has 0 saturated heterocycles. The molecule has 14 heavy (non-hydrogen) atoms. The van der Waals surface area contributed by atoms with Gasteiger partial charge in [0.15, 0.2) is 0 Å². The highest BCUT2D eigenvalue weighted by Gasteiger charge is 2.03. The maximum atomic E-state index is 5.46. The van der Waals surface area contributed by atoms with Crippen molar-refractivity contribution < 1.29 is 0 Å². The van der Waals surface area contributed by atoms with E-state index in [9.17, 15) is 0 Å². The quantitative estimate of drug-likeness (QED) is 0.828. The lowest BCUT2D eigenvalue weighted by Gasteiger charge is -2.14. The van der Waals surface area contributed by atoms with Crippen LogP contribution in [0.3, 0.4) is 0 Å². The molecule has 1 rings (SSSR count). The lowest BCUT2D eigenvalue weighted by atomic mass is 10.2. The van der Waals surface area contributed by atoms with E-state index in [4.69, 9.17) is 18.0 Å². The molecule has 1 unspecified atom stereocenters. The summed E-state index contributed by atoms with van der Waals surface area (Å²) in [6, 6.07) is 8.28. The highest BCUT2D eigenvalue weighted by molar-refractivity contribution is 9.10. The fourth-order valence-corrected chi connectivity index (χ4v) is 1.86. The van der Waals surface area contributed by atoms with Gasteiger partial charge in [0.05, 0.1) is 4.99 Å². The third-order valence-electron chi connectivity index (χ3n) is 1.75. The molecule has 0 fully saturated rings. The van der Waals surface area contributed by atoms with E-state index in [2.05, 4.69) is 28.2 Å². The molecule has 2 nitrogen and oxygen atoms in total. The highest BCUT2D eigenvalue weighted by Crippen LogP contribution is 2.16. The van der Waals surface area contributed by atoms with Crippen LogP contribution in [-0.4, -0.2) is 11.0 Å². The zero-order chi connectivity index (χ0) is 10.6. The van der Waals surface area contributed by atoms with E-state index in [1.165, 1.54) is 0 Å². The monoisotopic (exact) mass is 272 g/mol. The van der Waals surface area contributed by atoms with Gasteiger partial charge < -0.3 is 11.1 Å². The van der Waals surface area contributed by atoms with Crippen LogP contribution >= 0.6 is 28.1 Å². The molecule has 0 aliphatic heterocycles. The van der Waals surface area contributed by atoms with Gasteiger partial charge in [-0.2, -0.15) is 0 Å². The Kier molecular flexibility index (Phi) is 4.35. The molecule has 1 aromatic rings. The topological polar surface area (TPSA) is 38.0 Å². The molecule has 0 aromatic heterocycles. The van der Waals surface area contributed by atoms with E-state index in [1.54, 1.807) is 0 Å². The maximum absolute atomic E-state index is 5.46. The second-order valence-corrected chi connectivity index (χ2v) is 4.67. The molecule has 0 amide bonds. The zero-order valence-corrected chi connectivity index (χ0v) is 10.4. The molecular formula is C10H13BrN2S. The Bertz CT molecular complexity index is 328. The number of thiocarbonyl (C=S) groups is 1. The molecule has 1 atom stereocenters. The second-order valence-electron chi connectivity index (χ2n) is 3.23. The first-order valence-electron chi connectivity index (χ1n) is 4.38. The molecule has 0 aliphatic rings. The van der Waals surface area contributed by atoms with Crippen molar-refractivity contribution in [3.8, 4) is 0 Å². The highest BCUT2D eigenvalue weighted by atomic mass is 79.9. The fourth-order valence-electron chi connectivity index (χ4n) is 1.22. The number of benzene rings is 1. The molecule has 0 aliphatic carbocycles. The largest absolute Gasteiger partial charge is 0.393 e. The van der Waals surface area contributed by atoms with Gasteiger partial charge in [0.2, 0.25) is 0 Å². The smallest absolute Gasteiger partial charge is 0.0747 e. The fraction of sp³-hybridized carbons (Fsp3) is 0.300. The molecule has 1 aromatic carbocycles. The van der Waals surface area contributed by atoms with Crippen LogP contribution in [0.5, 0.6) is 0 Å². The number of hydrogen-bond acceptors (Lipinski definition) is 2. The predicted molar refractivity (Wildman–Crippen MR) is 68.6 cm³/mol. The number of hydrogen-bond donors (Lipinski definition) is 2. The Morgan fingerprint density at radius 3 is 2.93 bits per heavy atom. The summed E-state index contributed by atoms with van der Waals surface area (Å²) in [5.41, 5.74) is 6.53. The first kappa shape index (κ1) is 11.5. The lowest BCUT2D eigenvalue weighted by molar-refractivity contribution is 0.839. The maximum Gasteiger partial charge on any atom is 0.0747 e. The van der Waals surface area contributed by atoms with Crippen LogP contribution in [0.15, 0.2) is 28.7 Å². The molecule has 0 saturated carbocycles. The number of rotatable bonds is 4. The van der Waals surface area contributed by atoms with Crippen LogP contribution in [0, 0.1) is 0 Å². The van der Waals surface area contributed by atoms with E-state index in [1.807, 2.05) is 24.3 Å².